The molecule has 0 unspecified atom stereocenters. The van der Waals surface area contributed by atoms with Crippen LogP contribution in [0.1, 0.15) is 0 Å². The molecule has 1 aromatic rings. The first kappa shape index (κ1) is 8.48. The minimum atomic E-state index is 0. The van der Waals surface area contributed by atoms with Crippen molar-refractivity contribution in [2.75, 3.05) is 0 Å². The molecule has 0 nitrogen and oxygen atoms in total. The number of hydrogen-bond acceptors (Lipinski definition) is 0. The third-order valence-corrected chi connectivity index (χ3v) is 1.31. The Kier molecular flexibility index (Phi) is 4.63. The van der Waals surface area contributed by atoms with Crippen molar-refractivity contribution in [3.8, 4) is 0 Å². The Morgan fingerprint density at radius 1 is 1.00 bits per heavy atom. The Morgan fingerprint density at radius 2 is 1.50 bits per heavy atom. The van der Waals surface area contributed by atoms with E-state index < -0.39 is 0 Å². The molecule has 0 atom stereocenters. The molecule has 46 valence electrons. The van der Waals surface area contributed by atoms with Crippen molar-refractivity contribution >= 4 is 20.5 Å². The summed E-state index contributed by atoms with van der Waals surface area (Å²) in [6.07, 6.45) is 0. The molecule has 0 N–H and O–H groups in total. The molecule has 0 heterocycles. The van der Waals surface area contributed by atoms with Crippen LogP contribution >= 0.6 is 0 Å². The average molecular weight is 353 g/mol. The number of benzene rings is 1. The predicted molar refractivity (Wildman–Crippen MR) is 31.8 cm³/mol. The second-order valence-corrected chi connectivity index (χ2v) is 2.30. The monoisotopic (exact) mass is 354 g/mol. The molecule has 1 aromatic carbocycles. The summed E-state index contributed by atoms with van der Waals surface area (Å²) < 4.78 is 1.20. The maximum absolute atomic E-state index is 2.90. The molecule has 0 amide bonds. The average Bonchev–Trinajstić information content (AvgIpc) is 1.69. The normalized spacial score (nSPS) is 7.50. The van der Waals surface area contributed by atoms with Crippen LogP contribution in [0.4, 0.5) is 0 Å². The quantitative estimate of drug-likeness (QED) is 0.596. The molecular formula is C6H5AuSe. The fraction of sp³-hybridized carbons (Fsp3) is 0. The van der Waals surface area contributed by atoms with Crippen molar-refractivity contribution in [3.63, 3.8) is 0 Å². The van der Waals surface area contributed by atoms with E-state index in [0.717, 1.165) is 0 Å². The van der Waals surface area contributed by atoms with Gasteiger partial charge in [0, 0.05) is 22.4 Å². The fourth-order valence-corrected chi connectivity index (χ4v) is 0.750. The third kappa shape index (κ3) is 2.71. The van der Waals surface area contributed by atoms with E-state index in [4.69, 9.17) is 0 Å². The van der Waals surface area contributed by atoms with Crippen LogP contribution in [-0.2, 0) is 22.4 Å². The first-order valence-electron chi connectivity index (χ1n) is 2.11. The van der Waals surface area contributed by atoms with Gasteiger partial charge in [-0.05, 0) is 0 Å². The summed E-state index contributed by atoms with van der Waals surface area (Å²) >= 11 is 2.90. The molecule has 0 fully saturated rings. The fourth-order valence-electron chi connectivity index (χ4n) is 0.420. The van der Waals surface area contributed by atoms with E-state index in [2.05, 4.69) is 16.0 Å². The second-order valence-electron chi connectivity index (χ2n) is 1.31. The molecule has 2 radical (unpaired) electrons. The summed E-state index contributed by atoms with van der Waals surface area (Å²) in [5.41, 5.74) is 0. The van der Waals surface area contributed by atoms with Gasteiger partial charge in [0.15, 0.2) is 0 Å². The molecule has 0 bridgehead atoms. The first-order valence-corrected chi connectivity index (χ1v) is 2.97. The van der Waals surface area contributed by atoms with Crippen LogP contribution in [0.2, 0.25) is 0 Å². The Bertz CT molecular complexity index is 138. The van der Waals surface area contributed by atoms with Gasteiger partial charge in [0.2, 0.25) is 0 Å². The summed E-state index contributed by atoms with van der Waals surface area (Å²) in [6, 6.07) is 10.1. The molecule has 2 heteroatoms. The van der Waals surface area contributed by atoms with Gasteiger partial charge >= 0.3 is 50.8 Å². The van der Waals surface area contributed by atoms with Crippen molar-refractivity contribution in [3.05, 3.63) is 30.3 Å². The van der Waals surface area contributed by atoms with Crippen LogP contribution in [0.15, 0.2) is 30.3 Å². The summed E-state index contributed by atoms with van der Waals surface area (Å²) in [6.45, 7) is 0. The summed E-state index contributed by atoms with van der Waals surface area (Å²) in [5.74, 6) is 0. The van der Waals surface area contributed by atoms with Crippen LogP contribution in [0.3, 0.4) is 0 Å². The van der Waals surface area contributed by atoms with Gasteiger partial charge in [-0.3, -0.25) is 0 Å². The van der Waals surface area contributed by atoms with Crippen molar-refractivity contribution < 1.29 is 22.4 Å². The molecule has 0 aliphatic carbocycles. The zero-order valence-corrected chi connectivity index (χ0v) is 7.98. The van der Waals surface area contributed by atoms with Crippen LogP contribution in [0.5, 0.6) is 0 Å². The van der Waals surface area contributed by atoms with Gasteiger partial charge in [0.25, 0.3) is 0 Å². The van der Waals surface area contributed by atoms with E-state index in [1.165, 1.54) is 4.46 Å². The van der Waals surface area contributed by atoms with E-state index in [0.29, 0.717) is 0 Å². The van der Waals surface area contributed by atoms with Crippen molar-refractivity contribution in [2.24, 2.45) is 0 Å². The van der Waals surface area contributed by atoms with Crippen LogP contribution in [0.25, 0.3) is 0 Å². The Balaban J connectivity index is 0.000000490. The van der Waals surface area contributed by atoms with Crippen LogP contribution in [0, 0.1) is 0 Å². The van der Waals surface area contributed by atoms with Crippen molar-refractivity contribution in [1.82, 2.24) is 0 Å². The molecule has 0 aliphatic heterocycles. The predicted octanol–water partition coefficient (Wildman–Crippen LogP) is 0.478. The number of hydrogen-bond donors (Lipinski definition) is 0. The standard InChI is InChI=1S/C6H5Se.Au/c7-6-4-2-1-3-5-6;/h1-5H;. The van der Waals surface area contributed by atoms with E-state index >= 15 is 0 Å². The number of rotatable bonds is 0. The molecular weight excluding hydrogens is 348 g/mol. The van der Waals surface area contributed by atoms with Crippen LogP contribution in [-0.4, -0.2) is 16.0 Å². The topological polar surface area (TPSA) is 0 Å². The molecule has 0 saturated heterocycles. The van der Waals surface area contributed by atoms with Gasteiger partial charge in [-0.1, -0.05) is 0 Å². The SMILES string of the molecule is [Au].[Se]c1ccccc1. The minimum absolute atomic E-state index is 0. The van der Waals surface area contributed by atoms with Gasteiger partial charge < -0.3 is 0 Å². The summed E-state index contributed by atoms with van der Waals surface area (Å²) in [7, 11) is 0. The summed E-state index contributed by atoms with van der Waals surface area (Å²) in [4.78, 5) is 0. The first-order chi connectivity index (χ1) is 3.39. The van der Waals surface area contributed by atoms with Crippen LogP contribution < -0.4 is 4.46 Å². The second kappa shape index (κ2) is 4.37. The van der Waals surface area contributed by atoms with Gasteiger partial charge in [0.05, 0.1) is 0 Å². The van der Waals surface area contributed by atoms with Crippen molar-refractivity contribution in [2.45, 2.75) is 0 Å². The zero-order valence-electron chi connectivity index (χ0n) is 4.10. The Labute approximate surface area is 73.0 Å². The molecule has 1 rings (SSSR count). The maximum atomic E-state index is 2.90. The molecule has 0 spiro atoms. The zero-order chi connectivity index (χ0) is 5.11. The Hall–Kier alpha value is 0.480. The van der Waals surface area contributed by atoms with E-state index in [1.54, 1.807) is 0 Å². The van der Waals surface area contributed by atoms with Gasteiger partial charge in [0.1, 0.15) is 0 Å². The van der Waals surface area contributed by atoms with Gasteiger partial charge in [-0.2, -0.15) is 0 Å². The Morgan fingerprint density at radius 3 is 1.75 bits per heavy atom. The van der Waals surface area contributed by atoms with E-state index in [-0.39, 0.29) is 22.4 Å². The molecule has 0 aliphatic rings. The van der Waals surface area contributed by atoms with Gasteiger partial charge in [-0.15, -0.1) is 0 Å². The molecule has 8 heavy (non-hydrogen) atoms. The third-order valence-electron chi connectivity index (χ3n) is 0.743. The molecule has 0 aromatic heterocycles. The van der Waals surface area contributed by atoms with Gasteiger partial charge in [-0.25, -0.2) is 0 Å². The van der Waals surface area contributed by atoms with Crippen molar-refractivity contribution in [1.29, 1.82) is 0 Å². The van der Waals surface area contributed by atoms with E-state index in [9.17, 15) is 0 Å². The molecule has 0 saturated carbocycles. The summed E-state index contributed by atoms with van der Waals surface area (Å²) in [5, 5.41) is 0. The van der Waals surface area contributed by atoms with E-state index in [1.807, 2.05) is 30.3 Å².